The molecule has 0 radical (unpaired) electrons. The number of hydrogen-bond donors (Lipinski definition) is 1. The summed E-state index contributed by atoms with van der Waals surface area (Å²) in [5.41, 5.74) is 6.56. The Morgan fingerprint density at radius 1 is 1.28 bits per heavy atom. The molecule has 7 heteroatoms. The third-order valence-electron chi connectivity index (χ3n) is 4.85. The van der Waals surface area contributed by atoms with Gasteiger partial charge in [0, 0.05) is 37.5 Å². The molecule has 134 valence electrons. The Morgan fingerprint density at radius 2 is 2.04 bits per heavy atom. The molecule has 2 aromatic rings. The normalized spacial score (nSPS) is 18.8. The molecule has 0 saturated carbocycles. The van der Waals surface area contributed by atoms with Crippen LogP contribution in [0.25, 0.3) is 10.9 Å². The molecule has 1 aliphatic rings. The Kier molecular flexibility index (Phi) is 5.03. The van der Waals surface area contributed by atoms with Gasteiger partial charge >= 0.3 is 0 Å². The number of carbonyl (C=O) groups excluding carboxylic acids is 2. The van der Waals surface area contributed by atoms with Gasteiger partial charge in [-0.2, -0.15) is 5.10 Å². The van der Waals surface area contributed by atoms with E-state index in [0.717, 1.165) is 10.9 Å². The number of carbonyl (C=O) groups is 2. The number of nitrogens with zero attached hydrogens (tertiary/aromatic N) is 4. The van der Waals surface area contributed by atoms with Crippen molar-refractivity contribution in [3.8, 4) is 0 Å². The van der Waals surface area contributed by atoms with E-state index in [4.69, 9.17) is 5.73 Å². The van der Waals surface area contributed by atoms with Crippen LogP contribution in [0.3, 0.4) is 0 Å². The van der Waals surface area contributed by atoms with Crippen molar-refractivity contribution < 1.29 is 9.59 Å². The van der Waals surface area contributed by atoms with Gasteiger partial charge in [0.1, 0.15) is 6.04 Å². The van der Waals surface area contributed by atoms with Crippen molar-refractivity contribution in [2.75, 3.05) is 19.6 Å². The Hall–Kier alpha value is -2.41. The first kappa shape index (κ1) is 17.4. The monoisotopic (exact) mass is 343 g/mol. The van der Waals surface area contributed by atoms with Crippen LogP contribution in [0, 0.1) is 0 Å². The van der Waals surface area contributed by atoms with Crippen LogP contribution < -0.4 is 5.73 Å². The molecule has 0 aliphatic carbocycles. The number of primary amides is 1. The van der Waals surface area contributed by atoms with Crippen LogP contribution in [0.1, 0.15) is 20.3 Å². The van der Waals surface area contributed by atoms with Gasteiger partial charge in [-0.05, 0) is 19.9 Å². The lowest BCUT2D eigenvalue weighted by Gasteiger charge is -2.42. The summed E-state index contributed by atoms with van der Waals surface area (Å²) in [7, 11) is 0. The Labute approximate surface area is 147 Å². The predicted octanol–water partition coefficient (Wildman–Crippen LogP) is 0.833. The molecule has 25 heavy (non-hydrogen) atoms. The first-order valence-electron chi connectivity index (χ1n) is 8.70. The number of fused-ring (bicyclic) bond motifs is 1. The van der Waals surface area contributed by atoms with E-state index in [0.29, 0.717) is 32.6 Å². The lowest BCUT2D eigenvalue weighted by Crippen LogP contribution is -2.61. The molecule has 2 heterocycles. The average molecular weight is 343 g/mol. The molecular formula is C18H25N5O2. The summed E-state index contributed by atoms with van der Waals surface area (Å²) in [6.45, 7) is 6.26. The molecule has 2 amide bonds. The number of amides is 2. The Morgan fingerprint density at radius 3 is 2.76 bits per heavy atom. The van der Waals surface area contributed by atoms with E-state index >= 15 is 0 Å². The van der Waals surface area contributed by atoms with E-state index < -0.39 is 6.04 Å². The number of aromatic nitrogens is 2. The number of aryl methyl sites for hydroxylation is 1. The van der Waals surface area contributed by atoms with Crippen molar-refractivity contribution >= 4 is 22.7 Å². The van der Waals surface area contributed by atoms with Gasteiger partial charge in [0.05, 0.1) is 18.3 Å². The van der Waals surface area contributed by atoms with Crippen molar-refractivity contribution in [2.45, 2.75) is 38.9 Å². The molecule has 1 saturated heterocycles. The lowest BCUT2D eigenvalue weighted by molar-refractivity contribution is -0.138. The summed E-state index contributed by atoms with van der Waals surface area (Å²) in [6, 6.07) is 7.75. The summed E-state index contributed by atoms with van der Waals surface area (Å²) >= 11 is 0. The first-order valence-corrected chi connectivity index (χ1v) is 8.70. The van der Waals surface area contributed by atoms with Gasteiger partial charge < -0.3 is 10.6 Å². The van der Waals surface area contributed by atoms with Gasteiger partial charge in [-0.1, -0.05) is 18.2 Å². The highest BCUT2D eigenvalue weighted by Crippen LogP contribution is 2.16. The van der Waals surface area contributed by atoms with Crippen LogP contribution in [-0.4, -0.2) is 63.1 Å². The highest BCUT2D eigenvalue weighted by Gasteiger charge is 2.34. The third-order valence-corrected chi connectivity index (χ3v) is 4.85. The van der Waals surface area contributed by atoms with E-state index in [1.54, 1.807) is 4.90 Å². The fourth-order valence-electron chi connectivity index (χ4n) is 3.46. The maximum Gasteiger partial charge on any atom is 0.236 e. The molecule has 1 fully saturated rings. The maximum absolute atomic E-state index is 12.6. The second kappa shape index (κ2) is 7.23. The number of rotatable bonds is 5. The van der Waals surface area contributed by atoms with Crippen molar-refractivity contribution in [2.24, 2.45) is 5.73 Å². The summed E-state index contributed by atoms with van der Waals surface area (Å²) < 4.78 is 1.85. The minimum atomic E-state index is -0.414. The van der Waals surface area contributed by atoms with Crippen LogP contribution in [0.5, 0.6) is 0 Å². The van der Waals surface area contributed by atoms with Crippen LogP contribution in [0.15, 0.2) is 30.5 Å². The number of hydrogen-bond acceptors (Lipinski definition) is 4. The molecule has 0 bridgehead atoms. The lowest BCUT2D eigenvalue weighted by atomic mass is 10.1. The fourth-order valence-corrected chi connectivity index (χ4v) is 3.46. The van der Waals surface area contributed by atoms with Gasteiger partial charge in [-0.15, -0.1) is 0 Å². The van der Waals surface area contributed by atoms with Crippen LogP contribution in [0.2, 0.25) is 0 Å². The number of benzene rings is 1. The highest BCUT2D eigenvalue weighted by molar-refractivity contribution is 5.83. The molecule has 1 aromatic carbocycles. The highest BCUT2D eigenvalue weighted by atomic mass is 16.2. The number of para-hydroxylation sites is 1. The average Bonchev–Trinajstić information content (AvgIpc) is 3.02. The van der Waals surface area contributed by atoms with Crippen molar-refractivity contribution in [3.05, 3.63) is 30.5 Å². The molecule has 7 nitrogen and oxygen atoms in total. The quantitative estimate of drug-likeness (QED) is 0.872. The molecule has 1 atom stereocenters. The zero-order chi connectivity index (χ0) is 18.0. The zero-order valence-electron chi connectivity index (χ0n) is 14.8. The second-order valence-electron chi connectivity index (χ2n) is 6.77. The van der Waals surface area contributed by atoms with Crippen LogP contribution in [0.4, 0.5) is 0 Å². The topological polar surface area (TPSA) is 84.5 Å². The number of nitrogens with two attached hydrogens (primary N) is 1. The van der Waals surface area contributed by atoms with Gasteiger partial charge in [-0.3, -0.25) is 19.2 Å². The minimum Gasteiger partial charge on any atom is -0.368 e. The SMILES string of the molecule is CC(C)N1CCN(C(=O)CCn2ncc3ccccc32)C[C@@H]1C(N)=O. The smallest absolute Gasteiger partial charge is 0.236 e. The van der Waals surface area contributed by atoms with Gasteiger partial charge in [-0.25, -0.2) is 0 Å². The first-order chi connectivity index (χ1) is 12.0. The van der Waals surface area contributed by atoms with Crippen molar-refractivity contribution in [1.82, 2.24) is 19.6 Å². The van der Waals surface area contributed by atoms with Gasteiger partial charge in [0.15, 0.2) is 0 Å². The molecule has 1 aromatic heterocycles. The molecule has 1 aliphatic heterocycles. The molecular weight excluding hydrogens is 318 g/mol. The zero-order valence-corrected chi connectivity index (χ0v) is 14.8. The van der Waals surface area contributed by atoms with E-state index in [1.165, 1.54) is 0 Å². The van der Waals surface area contributed by atoms with Crippen molar-refractivity contribution in [3.63, 3.8) is 0 Å². The summed E-state index contributed by atoms with van der Waals surface area (Å²) in [5.74, 6) is -0.335. The van der Waals surface area contributed by atoms with Crippen molar-refractivity contribution in [1.29, 1.82) is 0 Å². The summed E-state index contributed by atoms with van der Waals surface area (Å²) in [5, 5.41) is 5.42. The van der Waals surface area contributed by atoms with Crippen LogP contribution in [-0.2, 0) is 16.1 Å². The Bertz CT molecular complexity index is 770. The standard InChI is InChI=1S/C18H25N5O2/c1-13(2)22-10-9-21(12-16(22)18(19)25)17(24)7-8-23-15-6-4-3-5-14(15)11-20-23/h3-6,11,13,16H,7-10,12H2,1-2H3,(H2,19,25)/t16-/m1/s1. The molecule has 0 spiro atoms. The third kappa shape index (κ3) is 3.66. The Balaban J connectivity index is 1.62. The largest absolute Gasteiger partial charge is 0.368 e. The maximum atomic E-state index is 12.6. The van der Waals surface area contributed by atoms with Gasteiger partial charge in [0.2, 0.25) is 11.8 Å². The van der Waals surface area contributed by atoms with E-state index in [-0.39, 0.29) is 17.9 Å². The van der Waals surface area contributed by atoms with E-state index in [9.17, 15) is 9.59 Å². The van der Waals surface area contributed by atoms with Crippen LogP contribution >= 0.6 is 0 Å². The van der Waals surface area contributed by atoms with E-state index in [2.05, 4.69) is 10.00 Å². The molecule has 3 rings (SSSR count). The minimum absolute atomic E-state index is 0.0363. The van der Waals surface area contributed by atoms with E-state index in [1.807, 2.05) is 49.0 Å². The molecule has 2 N–H and O–H groups in total. The molecule has 0 unspecified atom stereocenters. The fraction of sp³-hybridized carbons (Fsp3) is 0.500. The predicted molar refractivity (Wildman–Crippen MR) is 95.8 cm³/mol. The summed E-state index contributed by atoms with van der Waals surface area (Å²) in [4.78, 5) is 28.2. The van der Waals surface area contributed by atoms with Gasteiger partial charge in [0.25, 0.3) is 0 Å². The number of piperazine rings is 1. The second-order valence-corrected chi connectivity index (χ2v) is 6.77. The summed E-state index contributed by atoms with van der Waals surface area (Å²) in [6.07, 6.45) is 2.17.